The van der Waals surface area contributed by atoms with Crippen LogP contribution in [-0.4, -0.2) is 37.8 Å². The molecule has 3 aromatic rings. The number of hydrogen-bond donors (Lipinski definition) is 3. The molecule has 0 radical (unpaired) electrons. The summed E-state index contributed by atoms with van der Waals surface area (Å²) in [4.78, 5) is 24.9. The van der Waals surface area contributed by atoms with Gasteiger partial charge in [0.2, 0.25) is 0 Å². The van der Waals surface area contributed by atoms with Gasteiger partial charge in [0.15, 0.2) is 16.6 Å². The van der Waals surface area contributed by atoms with Gasteiger partial charge >= 0.3 is 0 Å². The van der Waals surface area contributed by atoms with Gasteiger partial charge in [-0.2, -0.15) is 0 Å². The van der Waals surface area contributed by atoms with Crippen molar-refractivity contribution in [3.8, 4) is 17.2 Å². The molecule has 0 saturated carbocycles. The lowest BCUT2D eigenvalue weighted by Crippen LogP contribution is -2.48. The van der Waals surface area contributed by atoms with Gasteiger partial charge in [-0.25, -0.2) is 0 Å². The maximum Gasteiger partial charge on any atom is 0.269 e. The molecule has 182 valence electrons. The number of carbonyl (C=O) groups excluding carboxylic acids is 2. The number of ether oxygens (including phenoxy) is 3. The zero-order chi connectivity index (χ0) is 25.2. The van der Waals surface area contributed by atoms with Gasteiger partial charge in [-0.3, -0.25) is 25.8 Å². The Labute approximate surface area is 217 Å². The Hall–Kier alpha value is -3.63. The average molecular weight is 558 g/mol. The third kappa shape index (κ3) is 7.43. The summed E-state index contributed by atoms with van der Waals surface area (Å²) in [5, 5.41) is 2.45. The molecule has 0 fully saturated rings. The van der Waals surface area contributed by atoms with Crippen LogP contribution in [0.15, 0.2) is 71.2 Å². The van der Waals surface area contributed by atoms with Crippen molar-refractivity contribution in [2.45, 2.75) is 6.42 Å². The molecule has 0 unspecified atom stereocenters. The highest BCUT2D eigenvalue weighted by Gasteiger charge is 2.13. The Morgan fingerprint density at radius 2 is 1.49 bits per heavy atom. The fraction of sp³-hybridized carbons (Fsp3) is 0.160. The summed E-state index contributed by atoms with van der Waals surface area (Å²) < 4.78 is 16.8. The second-order valence-electron chi connectivity index (χ2n) is 7.16. The number of halogens is 1. The molecule has 0 aliphatic heterocycles. The topological polar surface area (TPSA) is 97.9 Å². The largest absolute Gasteiger partial charge is 0.493 e. The van der Waals surface area contributed by atoms with Crippen LogP contribution in [0.5, 0.6) is 17.2 Å². The van der Waals surface area contributed by atoms with Crippen molar-refractivity contribution < 1.29 is 23.8 Å². The second kappa shape index (κ2) is 12.7. The van der Waals surface area contributed by atoms with Gasteiger partial charge in [-0.15, -0.1) is 0 Å². The number of hydrazine groups is 1. The molecule has 8 nitrogen and oxygen atoms in total. The number of rotatable bonds is 8. The smallest absolute Gasteiger partial charge is 0.269 e. The average Bonchev–Trinajstić information content (AvgIpc) is 2.88. The van der Waals surface area contributed by atoms with Gasteiger partial charge in [0.05, 0.1) is 25.3 Å². The first-order valence-electron chi connectivity index (χ1n) is 10.5. The molecule has 3 N–H and O–H groups in total. The van der Waals surface area contributed by atoms with E-state index in [-0.39, 0.29) is 5.11 Å². The van der Waals surface area contributed by atoms with Crippen LogP contribution >= 0.6 is 28.1 Å². The van der Waals surface area contributed by atoms with E-state index in [1.165, 1.54) is 25.8 Å². The predicted octanol–water partition coefficient (Wildman–Crippen LogP) is 4.04. The summed E-state index contributed by atoms with van der Waals surface area (Å²) in [5.74, 6) is 0.620. The van der Waals surface area contributed by atoms with E-state index in [4.69, 9.17) is 26.4 Å². The second-order valence-corrected chi connectivity index (χ2v) is 8.42. The first kappa shape index (κ1) is 26.0. The minimum Gasteiger partial charge on any atom is -0.493 e. The molecule has 0 heterocycles. The molecule has 0 saturated heterocycles. The number of carbonyl (C=O) groups is 2. The molecule has 3 aromatic carbocycles. The molecule has 3 rings (SSSR count). The molecule has 0 atom stereocenters. The lowest BCUT2D eigenvalue weighted by atomic mass is 10.2. The summed E-state index contributed by atoms with van der Waals surface area (Å²) >= 11 is 8.55. The standard InChI is InChI=1S/C25H24BrN3O5S/c1-32-21-11-9-18(15-22(21)33-2)24(31)28-29-25(35)27-23(30)17-8-10-20(19(26)14-17)34-13-12-16-6-4-3-5-7-16/h3-11,14-15H,12-13H2,1-2H3,(H,28,31)(H2,27,29,30,35). The Morgan fingerprint density at radius 3 is 2.14 bits per heavy atom. The maximum atomic E-state index is 12.5. The van der Waals surface area contributed by atoms with E-state index < -0.39 is 11.8 Å². The zero-order valence-electron chi connectivity index (χ0n) is 19.1. The summed E-state index contributed by atoms with van der Waals surface area (Å²) in [6.07, 6.45) is 0.768. The molecule has 35 heavy (non-hydrogen) atoms. The van der Waals surface area contributed by atoms with Crippen molar-refractivity contribution in [1.29, 1.82) is 0 Å². The number of thiocarbonyl (C=S) groups is 1. The van der Waals surface area contributed by atoms with E-state index in [2.05, 4.69) is 32.1 Å². The molecular weight excluding hydrogens is 534 g/mol. The van der Waals surface area contributed by atoms with E-state index >= 15 is 0 Å². The summed E-state index contributed by atoms with van der Waals surface area (Å²) in [6, 6.07) is 19.7. The van der Waals surface area contributed by atoms with Gasteiger partial charge in [0, 0.05) is 17.5 Å². The zero-order valence-corrected chi connectivity index (χ0v) is 21.5. The first-order valence-corrected chi connectivity index (χ1v) is 11.7. The van der Waals surface area contributed by atoms with Gasteiger partial charge in [-0.1, -0.05) is 30.3 Å². The van der Waals surface area contributed by atoms with Crippen LogP contribution in [0.1, 0.15) is 26.3 Å². The molecular formula is C25H24BrN3O5S. The lowest BCUT2D eigenvalue weighted by Gasteiger charge is -2.13. The van der Waals surface area contributed by atoms with E-state index in [1.807, 2.05) is 30.3 Å². The predicted molar refractivity (Wildman–Crippen MR) is 140 cm³/mol. The van der Waals surface area contributed by atoms with E-state index in [0.29, 0.717) is 39.5 Å². The molecule has 0 bridgehead atoms. The van der Waals surface area contributed by atoms with Crippen molar-refractivity contribution in [3.05, 3.63) is 87.9 Å². The third-order valence-corrected chi connectivity index (χ3v) is 5.67. The van der Waals surface area contributed by atoms with Crippen LogP contribution in [0.2, 0.25) is 0 Å². The SMILES string of the molecule is COc1ccc(C(=O)NNC(=S)NC(=O)c2ccc(OCCc3ccccc3)c(Br)c2)cc1OC. The first-order chi connectivity index (χ1) is 16.9. The number of nitrogens with one attached hydrogen (secondary N) is 3. The highest BCUT2D eigenvalue weighted by Crippen LogP contribution is 2.28. The molecule has 0 aromatic heterocycles. The number of methoxy groups -OCH3 is 2. The molecule has 0 spiro atoms. The summed E-state index contributed by atoms with van der Waals surface area (Å²) in [5.41, 5.74) is 6.80. The molecule has 10 heteroatoms. The van der Waals surface area contributed by atoms with Crippen LogP contribution in [0.25, 0.3) is 0 Å². The Kier molecular flexibility index (Phi) is 9.45. The normalized spacial score (nSPS) is 10.1. The van der Waals surface area contributed by atoms with Gasteiger partial charge < -0.3 is 14.2 Å². The Morgan fingerprint density at radius 1 is 0.829 bits per heavy atom. The van der Waals surface area contributed by atoms with Crippen LogP contribution in [0.3, 0.4) is 0 Å². The number of amides is 2. The van der Waals surface area contributed by atoms with Gasteiger partial charge in [-0.05, 0) is 70.1 Å². The lowest BCUT2D eigenvalue weighted by molar-refractivity contribution is 0.0934. The number of benzene rings is 3. The van der Waals surface area contributed by atoms with Crippen LogP contribution in [-0.2, 0) is 6.42 Å². The van der Waals surface area contributed by atoms with Crippen molar-refractivity contribution in [1.82, 2.24) is 16.2 Å². The minimum atomic E-state index is -0.470. The van der Waals surface area contributed by atoms with Crippen molar-refractivity contribution in [2.75, 3.05) is 20.8 Å². The number of hydrogen-bond acceptors (Lipinski definition) is 6. The fourth-order valence-corrected chi connectivity index (χ4v) is 3.69. The van der Waals surface area contributed by atoms with E-state index in [9.17, 15) is 9.59 Å². The minimum absolute atomic E-state index is 0.0665. The van der Waals surface area contributed by atoms with E-state index in [1.54, 1.807) is 30.3 Å². The molecule has 2 amide bonds. The van der Waals surface area contributed by atoms with Crippen LogP contribution < -0.4 is 30.4 Å². The third-order valence-electron chi connectivity index (χ3n) is 4.85. The van der Waals surface area contributed by atoms with Crippen molar-refractivity contribution >= 4 is 45.1 Å². The van der Waals surface area contributed by atoms with Crippen LogP contribution in [0, 0.1) is 0 Å². The summed E-state index contributed by atoms with van der Waals surface area (Å²) in [7, 11) is 2.98. The molecule has 0 aliphatic carbocycles. The maximum absolute atomic E-state index is 12.5. The summed E-state index contributed by atoms with van der Waals surface area (Å²) in [6.45, 7) is 0.502. The van der Waals surface area contributed by atoms with Gasteiger partial charge in [0.25, 0.3) is 11.8 Å². The quantitative estimate of drug-likeness (QED) is 0.284. The van der Waals surface area contributed by atoms with Gasteiger partial charge in [0.1, 0.15) is 5.75 Å². The highest BCUT2D eigenvalue weighted by molar-refractivity contribution is 9.10. The van der Waals surface area contributed by atoms with Crippen LogP contribution in [0.4, 0.5) is 0 Å². The highest BCUT2D eigenvalue weighted by atomic mass is 79.9. The Balaban J connectivity index is 1.49. The molecule has 0 aliphatic rings. The van der Waals surface area contributed by atoms with Crippen molar-refractivity contribution in [3.63, 3.8) is 0 Å². The monoisotopic (exact) mass is 557 g/mol. The Bertz CT molecular complexity index is 1210. The van der Waals surface area contributed by atoms with Crippen molar-refractivity contribution in [2.24, 2.45) is 0 Å². The fourth-order valence-electron chi connectivity index (χ4n) is 3.05. The van der Waals surface area contributed by atoms with E-state index in [0.717, 1.165) is 6.42 Å².